The van der Waals surface area contributed by atoms with Crippen LogP contribution < -0.4 is 10.1 Å². The minimum Gasteiger partial charge on any atom is -0.494 e. The normalized spacial score (nSPS) is 10.7. The molecule has 0 saturated carbocycles. The number of nitrogens with zero attached hydrogens (tertiary/aromatic N) is 4. The van der Waals surface area contributed by atoms with Gasteiger partial charge in [0.1, 0.15) is 5.75 Å². The molecule has 3 aromatic heterocycles. The number of ether oxygens (including phenoxy) is 1. The average molecular weight is 452 g/mol. The number of amides is 1. The summed E-state index contributed by atoms with van der Waals surface area (Å²) < 4.78 is 7.50. The minimum absolute atomic E-state index is 0.0508. The van der Waals surface area contributed by atoms with Gasteiger partial charge in [0.25, 0.3) is 0 Å². The first-order valence-corrected chi connectivity index (χ1v) is 11.6. The Hall–Kier alpha value is -3.17. The van der Waals surface area contributed by atoms with Gasteiger partial charge in [-0.05, 0) is 54.8 Å². The SMILES string of the molecule is CCOc1ccc(-n2c(SCC(=O)NCc3cccs3)nnc2-c2ccncc2)cc1. The van der Waals surface area contributed by atoms with Crippen LogP contribution in [0.4, 0.5) is 0 Å². The predicted molar refractivity (Wildman–Crippen MR) is 123 cm³/mol. The van der Waals surface area contributed by atoms with E-state index in [1.165, 1.54) is 11.8 Å². The zero-order valence-electron chi connectivity index (χ0n) is 16.9. The molecule has 4 rings (SSSR count). The Bertz CT molecular complexity index is 1110. The van der Waals surface area contributed by atoms with Gasteiger partial charge >= 0.3 is 0 Å². The molecule has 4 aromatic rings. The quantitative estimate of drug-likeness (QED) is 0.384. The van der Waals surface area contributed by atoms with E-state index in [4.69, 9.17) is 4.74 Å². The molecule has 7 nitrogen and oxygen atoms in total. The number of pyridine rings is 1. The van der Waals surface area contributed by atoms with Gasteiger partial charge in [-0.2, -0.15) is 0 Å². The fraction of sp³-hybridized carbons (Fsp3) is 0.182. The summed E-state index contributed by atoms with van der Waals surface area (Å²) in [6, 6.07) is 15.5. The molecule has 3 heterocycles. The molecule has 0 saturated heterocycles. The summed E-state index contributed by atoms with van der Waals surface area (Å²) in [7, 11) is 0. The third-order valence-corrected chi connectivity index (χ3v) is 6.16. The smallest absolute Gasteiger partial charge is 0.230 e. The zero-order chi connectivity index (χ0) is 21.5. The maximum absolute atomic E-state index is 12.3. The number of hydrogen-bond acceptors (Lipinski definition) is 7. The van der Waals surface area contributed by atoms with Crippen LogP contribution in [0.2, 0.25) is 0 Å². The van der Waals surface area contributed by atoms with Crippen LogP contribution in [0.5, 0.6) is 5.75 Å². The summed E-state index contributed by atoms with van der Waals surface area (Å²) in [6.45, 7) is 3.09. The third-order valence-electron chi connectivity index (χ3n) is 4.35. The lowest BCUT2D eigenvalue weighted by Crippen LogP contribution is -2.24. The van der Waals surface area contributed by atoms with E-state index < -0.39 is 0 Å². The highest BCUT2D eigenvalue weighted by Crippen LogP contribution is 2.28. The molecule has 0 bridgehead atoms. The summed E-state index contributed by atoms with van der Waals surface area (Å²) in [5.74, 6) is 1.68. The molecule has 0 fully saturated rings. The van der Waals surface area contributed by atoms with Crippen molar-refractivity contribution in [3.05, 3.63) is 71.2 Å². The molecule has 1 amide bonds. The van der Waals surface area contributed by atoms with Crippen molar-refractivity contribution in [2.24, 2.45) is 0 Å². The van der Waals surface area contributed by atoms with E-state index in [0.717, 1.165) is 21.9 Å². The number of aromatic nitrogens is 4. The Morgan fingerprint density at radius 1 is 1.13 bits per heavy atom. The molecule has 9 heteroatoms. The lowest BCUT2D eigenvalue weighted by molar-refractivity contribution is -0.118. The highest BCUT2D eigenvalue weighted by molar-refractivity contribution is 7.99. The highest BCUT2D eigenvalue weighted by atomic mass is 32.2. The van der Waals surface area contributed by atoms with Crippen LogP contribution in [-0.4, -0.2) is 38.0 Å². The van der Waals surface area contributed by atoms with Crippen LogP contribution in [0.1, 0.15) is 11.8 Å². The summed E-state index contributed by atoms with van der Waals surface area (Å²) in [6.07, 6.45) is 3.44. The summed E-state index contributed by atoms with van der Waals surface area (Å²) in [4.78, 5) is 17.5. The maximum atomic E-state index is 12.3. The Morgan fingerprint density at radius 3 is 2.65 bits per heavy atom. The molecule has 0 aliphatic heterocycles. The van der Waals surface area contributed by atoms with Gasteiger partial charge in [0.05, 0.1) is 18.9 Å². The number of carbonyl (C=O) groups is 1. The monoisotopic (exact) mass is 451 g/mol. The first-order chi connectivity index (χ1) is 15.2. The molecule has 1 N–H and O–H groups in total. The number of hydrogen-bond donors (Lipinski definition) is 1. The molecule has 31 heavy (non-hydrogen) atoms. The Labute approximate surface area is 188 Å². The number of carbonyl (C=O) groups excluding carboxylic acids is 1. The minimum atomic E-state index is -0.0508. The second-order valence-corrected chi connectivity index (χ2v) is 8.42. The molecule has 0 radical (unpaired) electrons. The van der Waals surface area contributed by atoms with Gasteiger partial charge < -0.3 is 10.1 Å². The Morgan fingerprint density at radius 2 is 1.94 bits per heavy atom. The van der Waals surface area contributed by atoms with Crippen molar-refractivity contribution in [1.29, 1.82) is 0 Å². The van der Waals surface area contributed by atoms with Crippen molar-refractivity contribution in [1.82, 2.24) is 25.1 Å². The Kier molecular flexibility index (Phi) is 6.96. The van der Waals surface area contributed by atoms with Crippen molar-refractivity contribution in [2.75, 3.05) is 12.4 Å². The van der Waals surface area contributed by atoms with Crippen molar-refractivity contribution in [3.8, 4) is 22.8 Å². The summed E-state index contributed by atoms with van der Waals surface area (Å²) in [5, 5.41) is 14.3. The second kappa shape index (κ2) is 10.2. The largest absolute Gasteiger partial charge is 0.494 e. The van der Waals surface area contributed by atoms with Gasteiger partial charge in [0, 0.05) is 28.5 Å². The number of thiophene rings is 1. The number of nitrogens with one attached hydrogen (secondary N) is 1. The van der Waals surface area contributed by atoms with Gasteiger partial charge in [-0.15, -0.1) is 21.5 Å². The molecule has 0 spiro atoms. The number of benzene rings is 1. The van der Waals surface area contributed by atoms with Gasteiger partial charge in [-0.25, -0.2) is 0 Å². The molecule has 1 aromatic carbocycles. The molecule has 0 unspecified atom stereocenters. The first kappa shape index (κ1) is 21.1. The van der Waals surface area contributed by atoms with Crippen molar-refractivity contribution >= 4 is 29.0 Å². The fourth-order valence-electron chi connectivity index (χ4n) is 2.92. The van der Waals surface area contributed by atoms with Gasteiger partial charge in [0.2, 0.25) is 5.91 Å². The van der Waals surface area contributed by atoms with E-state index in [1.807, 2.05) is 65.4 Å². The molecular weight excluding hydrogens is 430 g/mol. The van der Waals surface area contributed by atoms with Crippen LogP contribution in [0.3, 0.4) is 0 Å². The molecule has 0 aliphatic rings. The van der Waals surface area contributed by atoms with Gasteiger partial charge in [0.15, 0.2) is 11.0 Å². The molecule has 158 valence electrons. The predicted octanol–water partition coefficient (Wildman–Crippen LogP) is 4.20. The van der Waals surface area contributed by atoms with E-state index >= 15 is 0 Å². The van der Waals surface area contributed by atoms with Crippen molar-refractivity contribution in [3.63, 3.8) is 0 Å². The standard InChI is InChI=1S/C22H21N5O2S2/c1-2-29-18-7-5-17(6-8-18)27-21(16-9-11-23-12-10-16)25-26-22(27)31-15-20(28)24-14-19-4-3-13-30-19/h3-13H,2,14-15H2,1H3,(H,24,28). The first-order valence-electron chi connectivity index (χ1n) is 9.75. The van der Waals surface area contributed by atoms with E-state index in [9.17, 15) is 4.79 Å². The van der Waals surface area contributed by atoms with E-state index in [1.54, 1.807) is 23.7 Å². The fourth-order valence-corrected chi connectivity index (χ4v) is 4.35. The van der Waals surface area contributed by atoms with Crippen LogP contribution in [0, 0.1) is 0 Å². The van der Waals surface area contributed by atoms with Crippen molar-refractivity contribution in [2.45, 2.75) is 18.6 Å². The maximum Gasteiger partial charge on any atom is 0.230 e. The summed E-state index contributed by atoms with van der Waals surface area (Å²) in [5.41, 5.74) is 1.78. The van der Waals surface area contributed by atoms with Crippen LogP contribution in [0.15, 0.2) is 71.5 Å². The number of rotatable bonds is 9. The van der Waals surface area contributed by atoms with Crippen molar-refractivity contribution < 1.29 is 9.53 Å². The summed E-state index contributed by atoms with van der Waals surface area (Å²) >= 11 is 2.97. The lowest BCUT2D eigenvalue weighted by atomic mass is 10.2. The molecular formula is C22H21N5O2S2. The van der Waals surface area contributed by atoms with Gasteiger partial charge in [-0.3, -0.25) is 14.3 Å². The average Bonchev–Trinajstić information content (AvgIpc) is 3.48. The lowest BCUT2D eigenvalue weighted by Gasteiger charge is -2.11. The molecule has 0 atom stereocenters. The van der Waals surface area contributed by atoms with Gasteiger partial charge in [-0.1, -0.05) is 17.8 Å². The Balaban J connectivity index is 1.55. The van der Waals surface area contributed by atoms with Crippen LogP contribution in [-0.2, 0) is 11.3 Å². The van der Waals surface area contributed by atoms with E-state index in [0.29, 0.717) is 24.1 Å². The van der Waals surface area contributed by atoms with Crippen LogP contribution >= 0.6 is 23.1 Å². The van der Waals surface area contributed by atoms with Crippen LogP contribution in [0.25, 0.3) is 17.1 Å². The van der Waals surface area contributed by atoms with E-state index in [-0.39, 0.29) is 11.7 Å². The van der Waals surface area contributed by atoms with E-state index in [2.05, 4.69) is 20.5 Å². The zero-order valence-corrected chi connectivity index (χ0v) is 18.5. The topological polar surface area (TPSA) is 81.9 Å². The highest BCUT2D eigenvalue weighted by Gasteiger charge is 2.17. The third kappa shape index (κ3) is 5.31. The molecule has 0 aliphatic carbocycles. The number of thioether (sulfide) groups is 1. The second-order valence-electron chi connectivity index (χ2n) is 6.45.